The smallest absolute Gasteiger partial charge is 0.339 e. The van der Waals surface area contributed by atoms with E-state index in [1.165, 1.54) is 13.3 Å². The Morgan fingerprint density at radius 1 is 1.04 bits per heavy atom. The highest BCUT2D eigenvalue weighted by molar-refractivity contribution is 6.06. The molecule has 0 radical (unpaired) electrons. The van der Waals surface area contributed by atoms with Crippen molar-refractivity contribution in [2.45, 2.75) is 20.8 Å². The molecule has 0 aliphatic heterocycles. The molecule has 0 spiro atoms. The number of nitrogens with one attached hydrogen (secondary N) is 2. The first-order valence-corrected chi connectivity index (χ1v) is 8.68. The van der Waals surface area contributed by atoms with Gasteiger partial charge in [-0.05, 0) is 44.5 Å². The average molecular weight is 379 g/mol. The van der Waals surface area contributed by atoms with Gasteiger partial charge in [0, 0.05) is 11.8 Å². The van der Waals surface area contributed by atoms with E-state index in [0.29, 0.717) is 39.8 Å². The van der Waals surface area contributed by atoms with E-state index < -0.39 is 5.97 Å². The number of pyridine rings is 1. The van der Waals surface area contributed by atoms with E-state index in [1.807, 2.05) is 31.2 Å². The second kappa shape index (κ2) is 7.96. The molecule has 0 aliphatic rings. The number of nitrogens with zero attached hydrogens (tertiary/aromatic N) is 1. The van der Waals surface area contributed by atoms with Gasteiger partial charge in [0.1, 0.15) is 11.4 Å². The Kier molecular flexibility index (Phi) is 5.44. The number of rotatable bonds is 5. The Morgan fingerprint density at radius 2 is 1.75 bits per heavy atom. The van der Waals surface area contributed by atoms with E-state index in [0.717, 1.165) is 5.56 Å². The molecule has 0 aliphatic carbocycles. The number of anilines is 1. The van der Waals surface area contributed by atoms with Crippen LogP contribution in [0, 0.1) is 20.8 Å². The molecule has 1 aromatic carbocycles. The monoisotopic (exact) mass is 379 g/mol. The summed E-state index contributed by atoms with van der Waals surface area (Å²) in [5.74, 6) is 0.249. The van der Waals surface area contributed by atoms with Crippen LogP contribution in [0.25, 0.3) is 0 Å². The SMILES string of the molecule is COC(=O)c1c(C)[nH]c(C(=O)Nc2ccc(Oc3ccc(C)cc3)nc2)c1C. The standard InChI is InChI=1S/C21H21N3O4/c1-12-5-8-16(9-6-12)28-17-10-7-15(11-22-17)24-20(25)19-13(2)18(14(3)23-19)21(26)27-4/h5-11,23H,1-4H3,(H,24,25). The highest BCUT2D eigenvalue weighted by atomic mass is 16.5. The number of ether oxygens (including phenoxy) is 2. The Bertz CT molecular complexity index is 1010. The van der Waals surface area contributed by atoms with Gasteiger partial charge < -0.3 is 19.8 Å². The van der Waals surface area contributed by atoms with Gasteiger partial charge in [0.05, 0.1) is 24.6 Å². The molecule has 2 heterocycles. The van der Waals surface area contributed by atoms with Gasteiger partial charge in [-0.3, -0.25) is 4.79 Å². The Morgan fingerprint density at radius 3 is 2.36 bits per heavy atom. The molecule has 1 amide bonds. The third-order valence-electron chi connectivity index (χ3n) is 4.29. The van der Waals surface area contributed by atoms with Crippen LogP contribution in [0.4, 0.5) is 5.69 Å². The van der Waals surface area contributed by atoms with Gasteiger partial charge in [-0.1, -0.05) is 17.7 Å². The minimum Gasteiger partial charge on any atom is -0.465 e. The highest BCUT2D eigenvalue weighted by Gasteiger charge is 2.22. The molecule has 2 aromatic heterocycles. The quantitative estimate of drug-likeness (QED) is 0.649. The first kappa shape index (κ1) is 19.2. The lowest BCUT2D eigenvalue weighted by Crippen LogP contribution is -2.14. The van der Waals surface area contributed by atoms with E-state index >= 15 is 0 Å². The average Bonchev–Trinajstić information content (AvgIpc) is 2.99. The van der Waals surface area contributed by atoms with Crippen LogP contribution in [0.15, 0.2) is 42.6 Å². The predicted octanol–water partition coefficient (Wildman–Crippen LogP) is 4.17. The number of benzene rings is 1. The van der Waals surface area contributed by atoms with Gasteiger partial charge >= 0.3 is 5.97 Å². The van der Waals surface area contributed by atoms with Crippen molar-refractivity contribution >= 4 is 17.6 Å². The Hall–Kier alpha value is -3.61. The number of aryl methyl sites for hydroxylation is 2. The molecular formula is C21H21N3O4. The van der Waals surface area contributed by atoms with Crippen molar-refractivity contribution < 1.29 is 19.1 Å². The molecule has 7 heteroatoms. The van der Waals surface area contributed by atoms with Crippen LogP contribution < -0.4 is 10.1 Å². The highest BCUT2D eigenvalue weighted by Crippen LogP contribution is 2.22. The normalized spacial score (nSPS) is 10.4. The summed E-state index contributed by atoms with van der Waals surface area (Å²) in [6.07, 6.45) is 1.51. The number of H-pyrrole nitrogens is 1. The molecule has 28 heavy (non-hydrogen) atoms. The Labute approximate surface area is 162 Å². The van der Waals surface area contributed by atoms with Crippen molar-refractivity contribution in [3.63, 3.8) is 0 Å². The molecule has 2 N–H and O–H groups in total. The maximum Gasteiger partial charge on any atom is 0.339 e. The first-order valence-electron chi connectivity index (χ1n) is 8.68. The number of amides is 1. The van der Waals surface area contributed by atoms with Gasteiger partial charge in [0.25, 0.3) is 5.91 Å². The number of carbonyl (C=O) groups excluding carboxylic acids is 2. The maximum absolute atomic E-state index is 12.6. The lowest BCUT2D eigenvalue weighted by Gasteiger charge is -2.07. The number of hydrogen-bond donors (Lipinski definition) is 2. The molecule has 0 atom stereocenters. The minimum absolute atomic E-state index is 0.304. The van der Waals surface area contributed by atoms with Crippen molar-refractivity contribution in [1.29, 1.82) is 0 Å². The van der Waals surface area contributed by atoms with Gasteiger partial charge in [0.15, 0.2) is 0 Å². The molecule has 3 rings (SSSR count). The van der Waals surface area contributed by atoms with Crippen LogP contribution in [0.5, 0.6) is 11.6 Å². The molecule has 7 nitrogen and oxygen atoms in total. The van der Waals surface area contributed by atoms with Crippen LogP contribution in [0.2, 0.25) is 0 Å². The fourth-order valence-corrected chi connectivity index (χ4v) is 2.82. The summed E-state index contributed by atoms with van der Waals surface area (Å²) in [5, 5.41) is 2.75. The molecule has 144 valence electrons. The zero-order chi connectivity index (χ0) is 20.3. The lowest BCUT2D eigenvalue weighted by molar-refractivity contribution is 0.0599. The van der Waals surface area contributed by atoms with Crippen molar-refractivity contribution in [2.24, 2.45) is 0 Å². The number of aromatic amines is 1. The molecule has 0 bridgehead atoms. The third-order valence-corrected chi connectivity index (χ3v) is 4.29. The number of esters is 1. The topological polar surface area (TPSA) is 93.3 Å². The van der Waals surface area contributed by atoms with Crippen LogP contribution >= 0.6 is 0 Å². The van der Waals surface area contributed by atoms with E-state index in [9.17, 15) is 9.59 Å². The van der Waals surface area contributed by atoms with Crippen LogP contribution in [-0.2, 0) is 4.74 Å². The van der Waals surface area contributed by atoms with Crippen molar-refractivity contribution in [1.82, 2.24) is 9.97 Å². The van der Waals surface area contributed by atoms with Gasteiger partial charge in [-0.15, -0.1) is 0 Å². The largest absolute Gasteiger partial charge is 0.465 e. The van der Waals surface area contributed by atoms with E-state index in [2.05, 4.69) is 15.3 Å². The minimum atomic E-state index is -0.482. The van der Waals surface area contributed by atoms with Crippen LogP contribution in [0.3, 0.4) is 0 Å². The third kappa shape index (κ3) is 4.03. The predicted molar refractivity (Wildman–Crippen MR) is 105 cm³/mol. The summed E-state index contributed by atoms with van der Waals surface area (Å²) in [4.78, 5) is 31.6. The van der Waals surface area contributed by atoms with Gasteiger partial charge in [-0.2, -0.15) is 0 Å². The molecule has 0 saturated carbocycles. The van der Waals surface area contributed by atoms with Crippen LogP contribution in [-0.4, -0.2) is 29.0 Å². The molecular weight excluding hydrogens is 358 g/mol. The van der Waals surface area contributed by atoms with Crippen molar-refractivity contribution in [3.05, 3.63) is 70.7 Å². The van der Waals surface area contributed by atoms with E-state index in [4.69, 9.17) is 9.47 Å². The number of methoxy groups -OCH3 is 1. The van der Waals surface area contributed by atoms with E-state index in [-0.39, 0.29) is 5.91 Å². The molecule has 0 unspecified atom stereocenters. The molecule has 3 aromatic rings. The molecule has 0 fully saturated rings. The molecule has 0 saturated heterocycles. The summed E-state index contributed by atoms with van der Waals surface area (Å²) >= 11 is 0. The number of hydrogen-bond acceptors (Lipinski definition) is 5. The summed E-state index contributed by atoms with van der Waals surface area (Å²) in [7, 11) is 1.31. The zero-order valence-electron chi connectivity index (χ0n) is 16.1. The number of aromatic nitrogens is 2. The van der Waals surface area contributed by atoms with Gasteiger partial charge in [0.2, 0.25) is 5.88 Å². The van der Waals surface area contributed by atoms with Crippen LogP contribution in [0.1, 0.15) is 37.7 Å². The second-order valence-electron chi connectivity index (χ2n) is 6.37. The first-order chi connectivity index (χ1) is 13.4. The lowest BCUT2D eigenvalue weighted by atomic mass is 10.1. The Balaban J connectivity index is 1.71. The maximum atomic E-state index is 12.6. The summed E-state index contributed by atoms with van der Waals surface area (Å²) < 4.78 is 10.4. The second-order valence-corrected chi connectivity index (χ2v) is 6.37. The zero-order valence-corrected chi connectivity index (χ0v) is 16.1. The van der Waals surface area contributed by atoms with Gasteiger partial charge in [-0.25, -0.2) is 9.78 Å². The fraction of sp³-hybridized carbons (Fsp3) is 0.190. The van der Waals surface area contributed by atoms with Crippen molar-refractivity contribution in [2.75, 3.05) is 12.4 Å². The summed E-state index contributed by atoms with van der Waals surface area (Å²) in [5.41, 5.74) is 3.44. The summed E-state index contributed by atoms with van der Waals surface area (Å²) in [6, 6.07) is 11.0. The fourth-order valence-electron chi connectivity index (χ4n) is 2.82. The van der Waals surface area contributed by atoms with Crippen molar-refractivity contribution in [3.8, 4) is 11.6 Å². The summed E-state index contributed by atoms with van der Waals surface area (Å²) in [6.45, 7) is 5.41. The number of carbonyl (C=O) groups is 2. The van der Waals surface area contributed by atoms with E-state index in [1.54, 1.807) is 26.0 Å².